The van der Waals surface area contributed by atoms with E-state index in [1.165, 1.54) is 24.3 Å². The number of nitrogens with zero attached hydrogens (tertiary/aromatic N) is 3. The van der Waals surface area contributed by atoms with Crippen LogP contribution in [0, 0.1) is 11.6 Å². The van der Waals surface area contributed by atoms with E-state index in [1.54, 1.807) is 31.2 Å². The highest BCUT2D eigenvalue weighted by molar-refractivity contribution is 7.92. The normalized spacial score (nSPS) is 16.5. The van der Waals surface area contributed by atoms with Crippen LogP contribution < -0.4 is 4.31 Å². The number of hydrogen-bond acceptors (Lipinski definition) is 5. The van der Waals surface area contributed by atoms with Gasteiger partial charge in [0.1, 0.15) is 31.3 Å². The zero-order valence-electron chi connectivity index (χ0n) is 22.0. The summed E-state index contributed by atoms with van der Waals surface area (Å²) in [5.41, 5.74) is 0.583. The second-order valence-electron chi connectivity index (χ2n) is 9.93. The van der Waals surface area contributed by atoms with Gasteiger partial charge in [-0.25, -0.2) is 21.7 Å². The van der Waals surface area contributed by atoms with Gasteiger partial charge in [-0.05, 0) is 61.5 Å². The molecule has 7 nitrogen and oxygen atoms in total. The number of sulfonamides is 1. The van der Waals surface area contributed by atoms with Gasteiger partial charge >= 0.3 is 6.09 Å². The third kappa shape index (κ3) is 6.24. The molecule has 1 aliphatic heterocycles. The Morgan fingerprint density at radius 2 is 1.72 bits per heavy atom. The molecule has 4 rings (SSSR count). The molecule has 1 amide bonds. The monoisotopic (exact) mass is 578 g/mol. The average Bonchev–Trinajstić information content (AvgIpc) is 2.91. The highest BCUT2D eigenvalue weighted by Gasteiger charge is 2.38. The highest BCUT2D eigenvalue weighted by Crippen LogP contribution is 2.37. The first-order valence-corrected chi connectivity index (χ1v) is 14.3. The van der Waals surface area contributed by atoms with Gasteiger partial charge in [0.05, 0.1) is 23.7 Å². The molecule has 0 bridgehead atoms. The molecule has 0 aliphatic carbocycles. The number of carbonyl (C=O) groups excluding carboxylic acids is 1. The van der Waals surface area contributed by atoms with Gasteiger partial charge in [0, 0.05) is 24.2 Å². The molecular weight excluding hydrogens is 548 g/mol. The molecule has 208 valence electrons. The number of hydrogen-bond donors (Lipinski definition) is 0. The summed E-state index contributed by atoms with van der Waals surface area (Å²) in [5, 5.41) is 0.328. The van der Waals surface area contributed by atoms with Gasteiger partial charge < -0.3 is 4.74 Å². The summed E-state index contributed by atoms with van der Waals surface area (Å²) in [6.45, 7) is 4.21. The maximum Gasteiger partial charge on any atom is 0.516 e. The predicted octanol–water partition coefficient (Wildman–Crippen LogP) is 5.60. The van der Waals surface area contributed by atoms with Gasteiger partial charge in [0.25, 0.3) is 10.0 Å². The van der Waals surface area contributed by atoms with E-state index in [2.05, 4.69) is 4.90 Å². The highest BCUT2D eigenvalue weighted by atomic mass is 35.5. The Balaban J connectivity index is 1.70. The lowest BCUT2D eigenvalue weighted by atomic mass is 10.0. The number of halogens is 3. The Hall–Kier alpha value is -3.05. The zero-order valence-corrected chi connectivity index (χ0v) is 23.6. The van der Waals surface area contributed by atoms with Crippen LogP contribution in [0.3, 0.4) is 0 Å². The van der Waals surface area contributed by atoms with Crippen molar-refractivity contribution in [3.63, 3.8) is 0 Å². The molecule has 0 spiro atoms. The Bertz CT molecular complexity index is 1450. The summed E-state index contributed by atoms with van der Waals surface area (Å²) >= 11 is 5.95. The number of amides is 1. The van der Waals surface area contributed by atoms with Crippen LogP contribution in [0.5, 0.6) is 0 Å². The van der Waals surface area contributed by atoms with E-state index < -0.39 is 33.4 Å². The van der Waals surface area contributed by atoms with Gasteiger partial charge in [-0.1, -0.05) is 35.9 Å². The number of likely N-dealkylation sites (N-methyl/N-ethyl adjacent to an activating group) is 2. The maximum atomic E-state index is 15.1. The fourth-order valence-electron chi connectivity index (χ4n) is 4.60. The van der Waals surface area contributed by atoms with E-state index in [0.717, 1.165) is 35.6 Å². The molecule has 0 aromatic heterocycles. The molecule has 39 heavy (non-hydrogen) atoms. The van der Waals surface area contributed by atoms with Crippen molar-refractivity contribution in [2.24, 2.45) is 0 Å². The molecule has 1 heterocycles. The zero-order chi connectivity index (χ0) is 28.4. The Kier molecular flexibility index (Phi) is 8.60. The van der Waals surface area contributed by atoms with Crippen molar-refractivity contribution in [3.8, 4) is 0 Å². The van der Waals surface area contributed by atoms with Gasteiger partial charge in [-0.15, -0.1) is 0 Å². The van der Waals surface area contributed by atoms with Crippen LogP contribution in [0.15, 0.2) is 71.6 Å². The quantitative estimate of drug-likeness (QED) is 0.341. The summed E-state index contributed by atoms with van der Waals surface area (Å²) in [5.74, 6) is -1.70. The van der Waals surface area contributed by atoms with Gasteiger partial charge in [-0.2, -0.15) is 4.79 Å². The Morgan fingerprint density at radius 1 is 1.08 bits per heavy atom. The van der Waals surface area contributed by atoms with E-state index in [9.17, 15) is 17.6 Å². The van der Waals surface area contributed by atoms with Gasteiger partial charge in [0.2, 0.25) is 0 Å². The molecule has 0 N–H and O–H groups in total. The minimum atomic E-state index is -4.39. The Labute approximate surface area is 232 Å². The SMILES string of the molecule is CC(c1ccccc1COC(=O)[N+]1(C)CCN(C)CC1)N(c1cc(F)ccc1F)S(=O)(=O)c1ccc(Cl)cc1. The number of anilines is 1. The summed E-state index contributed by atoms with van der Waals surface area (Å²) in [7, 11) is -0.557. The van der Waals surface area contributed by atoms with Crippen molar-refractivity contribution in [1.82, 2.24) is 4.90 Å². The minimum absolute atomic E-state index is 0.108. The first kappa shape index (κ1) is 28.9. The lowest BCUT2D eigenvalue weighted by Crippen LogP contribution is -2.59. The van der Waals surface area contributed by atoms with Crippen LogP contribution in [-0.4, -0.2) is 64.2 Å². The number of benzene rings is 3. The molecule has 3 aromatic carbocycles. The first-order valence-electron chi connectivity index (χ1n) is 12.5. The lowest BCUT2D eigenvalue weighted by molar-refractivity contribution is -0.843. The summed E-state index contributed by atoms with van der Waals surface area (Å²) in [6.07, 6.45) is -0.382. The van der Waals surface area contributed by atoms with E-state index in [4.69, 9.17) is 16.3 Å². The molecule has 0 saturated carbocycles. The molecule has 1 fully saturated rings. The summed E-state index contributed by atoms with van der Waals surface area (Å²) in [6, 6.07) is 14.0. The molecule has 3 aromatic rings. The number of piperazine rings is 1. The standard InChI is InChI=1S/C28H31ClF2N3O4S/c1-20(25-7-5-4-6-21(25)19-38-28(35)34(3)16-14-32(2)15-17-34)33(27-18-23(30)10-13-26(27)31)39(36,37)24-11-8-22(29)9-12-24/h4-13,18,20H,14-17,19H2,1-3H3/q+1. The van der Waals surface area contributed by atoms with Gasteiger partial charge in [0.15, 0.2) is 0 Å². The van der Waals surface area contributed by atoms with Crippen molar-refractivity contribution < 1.29 is 31.2 Å². The van der Waals surface area contributed by atoms with Gasteiger partial charge in [-0.3, -0.25) is 9.21 Å². The predicted molar refractivity (Wildman–Crippen MR) is 146 cm³/mol. The van der Waals surface area contributed by atoms with E-state index in [1.807, 2.05) is 14.1 Å². The fraction of sp³-hybridized carbons (Fsp3) is 0.321. The largest absolute Gasteiger partial charge is 0.516 e. The van der Waals surface area contributed by atoms with Crippen LogP contribution in [0.25, 0.3) is 0 Å². The minimum Gasteiger partial charge on any atom is -0.415 e. The smallest absolute Gasteiger partial charge is 0.415 e. The molecule has 1 atom stereocenters. The molecule has 1 aliphatic rings. The lowest BCUT2D eigenvalue weighted by Gasteiger charge is -2.37. The molecule has 0 radical (unpaired) electrons. The second-order valence-corrected chi connectivity index (χ2v) is 12.2. The number of ether oxygens (including phenoxy) is 1. The van der Waals surface area contributed by atoms with Crippen molar-refractivity contribution in [1.29, 1.82) is 0 Å². The third-order valence-corrected chi connectivity index (χ3v) is 9.27. The maximum absolute atomic E-state index is 15.1. The van der Waals surface area contributed by atoms with Crippen molar-refractivity contribution >= 4 is 33.4 Å². The first-order chi connectivity index (χ1) is 18.4. The summed E-state index contributed by atoms with van der Waals surface area (Å²) in [4.78, 5) is 15.0. The van der Waals surface area contributed by atoms with E-state index in [-0.39, 0.29) is 22.1 Å². The fourth-order valence-corrected chi connectivity index (χ4v) is 6.37. The molecule has 11 heteroatoms. The van der Waals surface area contributed by atoms with Crippen molar-refractivity contribution in [2.75, 3.05) is 44.6 Å². The van der Waals surface area contributed by atoms with E-state index in [0.29, 0.717) is 29.2 Å². The molecule has 1 unspecified atom stereocenters. The second kappa shape index (κ2) is 11.6. The molecule has 1 saturated heterocycles. The topological polar surface area (TPSA) is 66.9 Å². The van der Waals surface area contributed by atoms with Crippen LogP contribution >= 0.6 is 11.6 Å². The third-order valence-electron chi connectivity index (χ3n) is 7.12. The number of carbonyl (C=O) groups is 1. The molecular formula is C28H31ClF2N3O4S+. The average molecular weight is 579 g/mol. The van der Waals surface area contributed by atoms with Crippen molar-refractivity contribution in [3.05, 3.63) is 94.5 Å². The van der Waals surface area contributed by atoms with Crippen LogP contribution in [0.2, 0.25) is 5.02 Å². The number of quaternary nitrogens is 1. The van der Waals surface area contributed by atoms with Crippen LogP contribution in [0.4, 0.5) is 19.3 Å². The van der Waals surface area contributed by atoms with Crippen LogP contribution in [0.1, 0.15) is 24.1 Å². The van der Waals surface area contributed by atoms with Crippen LogP contribution in [-0.2, 0) is 21.4 Å². The van der Waals surface area contributed by atoms with Crippen molar-refractivity contribution in [2.45, 2.75) is 24.5 Å². The number of rotatable bonds is 7. The van der Waals surface area contributed by atoms with E-state index >= 15 is 4.39 Å². The summed E-state index contributed by atoms with van der Waals surface area (Å²) < 4.78 is 63.8. The Morgan fingerprint density at radius 3 is 2.38 bits per heavy atom.